The second-order valence-electron chi connectivity index (χ2n) is 5.37. The van der Waals surface area contributed by atoms with Gasteiger partial charge in [-0.15, -0.1) is 11.3 Å². The third-order valence-corrected chi connectivity index (χ3v) is 5.31. The molecule has 126 valence electrons. The molecule has 0 atom stereocenters. The third-order valence-electron chi connectivity index (χ3n) is 3.60. The number of ether oxygens (including phenoxy) is 1. The second-order valence-corrected chi connectivity index (χ2v) is 7.35. The largest absolute Gasteiger partial charge is 0.451 e. The molecular formula is C16H14Cl2N2O3S. The van der Waals surface area contributed by atoms with Gasteiger partial charge in [0.25, 0.3) is 5.91 Å². The zero-order valence-corrected chi connectivity index (χ0v) is 14.9. The van der Waals surface area contributed by atoms with Gasteiger partial charge in [-0.05, 0) is 43.4 Å². The summed E-state index contributed by atoms with van der Waals surface area (Å²) in [5, 5.41) is 3.06. The number of aryl methyl sites for hydroxylation is 2. The predicted octanol–water partition coefficient (Wildman–Crippen LogP) is 4.12. The highest BCUT2D eigenvalue weighted by atomic mass is 35.5. The molecule has 0 spiro atoms. The van der Waals surface area contributed by atoms with E-state index >= 15 is 0 Å². The molecule has 1 amide bonds. The molecule has 5 nitrogen and oxygen atoms in total. The summed E-state index contributed by atoms with van der Waals surface area (Å²) in [5.41, 5.74) is 1.22. The Balaban J connectivity index is 1.55. The van der Waals surface area contributed by atoms with Crippen LogP contribution in [0.4, 0.5) is 5.82 Å². The van der Waals surface area contributed by atoms with Gasteiger partial charge in [-0.2, -0.15) is 0 Å². The fraction of sp³-hybridized carbons (Fsp3) is 0.312. The second kappa shape index (κ2) is 7.51. The number of halogens is 2. The monoisotopic (exact) mass is 384 g/mol. The van der Waals surface area contributed by atoms with Gasteiger partial charge in [0.2, 0.25) is 0 Å². The number of aromatic nitrogens is 1. The van der Waals surface area contributed by atoms with Crippen molar-refractivity contribution in [1.29, 1.82) is 0 Å². The van der Waals surface area contributed by atoms with E-state index in [1.165, 1.54) is 34.0 Å². The molecule has 0 aliphatic heterocycles. The number of fused-ring (bicyclic) bond motifs is 1. The normalized spacial score (nSPS) is 13.2. The molecule has 0 radical (unpaired) electrons. The molecule has 8 heteroatoms. The predicted molar refractivity (Wildman–Crippen MR) is 94.1 cm³/mol. The summed E-state index contributed by atoms with van der Waals surface area (Å²) in [6.07, 6.45) is 5.68. The van der Waals surface area contributed by atoms with Crippen molar-refractivity contribution in [3.63, 3.8) is 0 Å². The summed E-state index contributed by atoms with van der Waals surface area (Å²) in [6.45, 7) is -0.401. The SMILES string of the molecule is O=C(COC(=O)c1cc2c(s1)CCCC2)Nc1ncc(Cl)cc1Cl. The van der Waals surface area contributed by atoms with Gasteiger partial charge in [0.05, 0.1) is 10.0 Å². The van der Waals surface area contributed by atoms with Crippen LogP contribution in [0.5, 0.6) is 0 Å². The minimum Gasteiger partial charge on any atom is -0.451 e. The maximum absolute atomic E-state index is 12.1. The number of carbonyl (C=O) groups is 2. The van der Waals surface area contributed by atoms with Crippen LogP contribution in [0.2, 0.25) is 10.0 Å². The molecule has 0 bridgehead atoms. The van der Waals surface area contributed by atoms with Crippen molar-refractivity contribution < 1.29 is 14.3 Å². The number of hydrogen-bond donors (Lipinski definition) is 1. The van der Waals surface area contributed by atoms with Gasteiger partial charge < -0.3 is 10.1 Å². The Morgan fingerprint density at radius 2 is 2.04 bits per heavy atom. The van der Waals surface area contributed by atoms with Gasteiger partial charge in [0.1, 0.15) is 4.88 Å². The first-order valence-electron chi connectivity index (χ1n) is 7.42. The first-order chi connectivity index (χ1) is 11.5. The van der Waals surface area contributed by atoms with Crippen LogP contribution in [0, 0.1) is 0 Å². The van der Waals surface area contributed by atoms with E-state index in [2.05, 4.69) is 10.3 Å². The van der Waals surface area contributed by atoms with Crippen molar-refractivity contribution in [2.45, 2.75) is 25.7 Å². The molecule has 0 unspecified atom stereocenters. The number of anilines is 1. The average molecular weight is 385 g/mol. The van der Waals surface area contributed by atoms with Crippen molar-refractivity contribution in [3.8, 4) is 0 Å². The Morgan fingerprint density at radius 3 is 2.79 bits per heavy atom. The van der Waals surface area contributed by atoms with Gasteiger partial charge in [-0.3, -0.25) is 4.79 Å². The van der Waals surface area contributed by atoms with E-state index in [0.717, 1.165) is 25.7 Å². The smallest absolute Gasteiger partial charge is 0.348 e. The lowest BCUT2D eigenvalue weighted by atomic mass is 9.99. The number of nitrogens with one attached hydrogen (secondary N) is 1. The Kier molecular flexibility index (Phi) is 5.38. The van der Waals surface area contributed by atoms with E-state index < -0.39 is 18.5 Å². The molecule has 3 rings (SSSR count). The summed E-state index contributed by atoms with van der Waals surface area (Å²) in [4.78, 5) is 29.6. The lowest BCUT2D eigenvalue weighted by molar-refractivity contribution is -0.119. The fourth-order valence-corrected chi connectivity index (χ4v) is 4.04. The number of pyridine rings is 1. The molecule has 0 aromatic carbocycles. The number of hydrogen-bond acceptors (Lipinski definition) is 5. The zero-order chi connectivity index (χ0) is 17.1. The maximum atomic E-state index is 12.1. The molecule has 0 saturated carbocycles. The quantitative estimate of drug-likeness (QED) is 0.804. The lowest BCUT2D eigenvalue weighted by Gasteiger charge is -2.08. The highest BCUT2D eigenvalue weighted by Crippen LogP contribution is 2.30. The van der Waals surface area contributed by atoms with Gasteiger partial charge in [-0.25, -0.2) is 9.78 Å². The maximum Gasteiger partial charge on any atom is 0.348 e. The molecule has 2 heterocycles. The van der Waals surface area contributed by atoms with Crippen molar-refractivity contribution in [3.05, 3.63) is 43.7 Å². The summed E-state index contributed by atoms with van der Waals surface area (Å²) in [7, 11) is 0. The van der Waals surface area contributed by atoms with E-state index in [0.29, 0.717) is 9.90 Å². The Labute approximate surface area is 152 Å². The summed E-state index contributed by atoms with van der Waals surface area (Å²) >= 11 is 13.1. The first-order valence-corrected chi connectivity index (χ1v) is 9.00. The van der Waals surface area contributed by atoms with E-state index in [1.807, 2.05) is 6.07 Å². The fourth-order valence-electron chi connectivity index (χ4n) is 2.47. The average Bonchev–Trinajstić information content (AvgIpc) is 2.99. The lowest BCUT2D eigenvalue weighted by Crippen LogP contribution is -2.21. The topological polar surface area (TPSA) is 68.3 Å². The third kappa shape index (κ3) is 4.06. The number of amides is 1. The van der Waals surface area contributed by atoms with Crippen molar-refractivity contribution >= 4 is 52.2 Å². The molecule has 0 saturated heterocycles. The Morgan fingerprint density at radius 1 is 1.25 bits per heavy atom. The van der Waals surface area contributed by atoms with Gasteiger partial charge in [-0.1, -0.05) is 23.2 Å². The Hall–Kier alpha value is -1.63. The van der Waals surface area contributed by atoms with Crippen LogP contribution in [0.1, 0.15) is 33.0 Å². The molecular weight excluding hydrogens is 371 g/mol. The number of esters is 1. The van der Waals surface area contributed by atoms with Crippen molar-refractivity contribution in [2.24, 2.45) is 0 Å². The first kappa shape index (κ1) is 17.2. The summed E-state index contributed by atoms with van der Waals surface area (Å²) < 4.78 is 5.07. The summed E-state index contributed by atoms with van der Waals surface area (Å²) in [5.74, 6) is -0.824. The minimum atomic E-state index is -0.513. The van der Waals surface area contributed by atoms with E-state index in [-0.39, 0.29) is 10.8 Å². The molecule has 1 N–H and O–H groups in total. The van der Waals surface area contributed by atoms with Gasteiger partial charge >= 0.3 is 5.97 Å². The van der Waals surface area contributed by atoms with Crippen LogP contribution < -0.4 is 5.32 Å². The van der Waals surface area contributed by atoms with E-state index in [4.69, 9.17) is 27.9 Å². The van der Waals surface area contributed by atoms with Crippen LogP contribution in [0.15, 0.2) is 18.3 Å². The van der Waals surface area contributed by atoms with Gasteiger partial charge in [0, 0.05) is 11.1 Å². The van der Waals surface area contributed by atoms with Crippen LogP contribution in [-0.2, 0) is 22.4 Å². The van der Waals surface area contributed by atoms with Crippen LogP contribution in [0.3, 0.4) is 0 Å². The molecule has 2 aromatic heterocycles. The number of carbonyl (C=O) groups excluding carboxylic acids is 2. The van der Waals surface area contributed by atoms with Crippen molar-refractivity contribution in [2.75, 3.05) is 11.9 Å². The van der Waals surface area contributed by atoms with Crippen molar-refractivity contribution in [1.82, 2.24) is 4.98 Å². The number of rotatable bonds is 4. The van der Waals surface area contributed by atoms with Crippen LogP contribution >= 0.6 is 34.5 Å². The molecule has 2 aromatic rings. The van der Waals surface area contributed by atoms with Crippen LogP contribution in [-0.4, -0.2) is 23.5 Å². The molecule has 24 heavy (non-hydrogen) atoms. The van der Waals surface area contributed by atoms with Crippen LogP contribution in [0.25, 0.3) is 0 Å². The van der Waals surface area contributed by atoms with E-state index in [9.17, 15) is 9.59 Å². The van der Waals surface area contributed by atoms with E-state index in [1.54, 1.807) is 0 Å². The molecule has 1 aliphatic rings. The Bertz CT molecular complexity index is 768. The molecule has 1 aliphatic carbocycles. The highest BCUT2D eigenvalue weighted by Gasteiger charge is 2.19. The number of thiophene rings is 1. The summed E-state index contributed by atoms with van der Waals surface area (Å²) in [6, 6.07) is 3.34. The highest BCUT2D eigenvalue weighted by molar-refractivity contribution is 7.14. The minimum absolute atomic E-state index is 0.175. The zero-order valence-electron chi connectivity index (χ0n) is 12.6. The molecule has 0 fully saturated rings. The standard InChI is InChI=1S/C16H14Cl2N2O3S/c17-10-6-11(18)15(19-7-10)20-14(21)8-23-16(22)13-5-9-3-1-2-4-12(9)24-13/h5-7H,1-4,8H2,(H,19,20,21). The van der Waals surface area contributed by atoms with Gasteiger partial charge in [0.15, 0.2) is 12.4 Å². The number of nitrogens with zero attached hydrogens (tertiary/aromatic N) is 1.